The van der Waals surface area contributed by atoms with Crippen molar-refractivity contribution in [2.24, 2.45) is 0 Å². The largest absolute Gasteiger partial charge is 0.347 e. The maximum atomic E-state index is 5.40. The summed E-state index contributed by atoms with van der Waals surface area (Å²) in [4.78, 5) is 0. The van der Waals surface area contributed by atoms with E-state index < -0.39 is 5.79 Å². The van der Waals surface area contributed by atoms with E-state index in [2.05, 4.69) is 0 Å². The van der Waals surface area contributed by atoms with Gasteiger partial charge < -0.3 is 9.47 Å². The van der Waals surface area contributed by atoms with E-state index in [0.29, 0.717) is 0 Å². The molecule has 0 amide bonds. The van der Waals surface area contributed by atoms with Crippen molar-refractivity contribution in [3.8, 4) is 0 Å². The van der Waals surface area contributed by atoms with Gasteiger partial charge in [-0.2, -0.15) is 0 Å². The van der Waals surface area contributed by atoms with Crippen LogP contribution in [0, 0.1) is 0 Å². The first-order chi connectivity index (χ1) is 4.77. The van der Waals surface area contributed by atoms with Crippen LogP contribution in [-0.2, 0) is 9.47 Å². The molecule has 1 aliphatic rings. The first-order valence-corrected chi connectivity index (χ1v) is 3.68. The molecule has 0 atom stereocenters. The molecule has 10 heavy (non-hydrogen) atoms. The van der Waals surface area contributed by atoms with E-state index in [4.69, 9.17) is 9.47 Å². The maximum absolute atomic E-state index is 5.40. The zero-order valence-corrected chi connectivity index (χ0v) is 6.59. The fourth-order valence-corrected chi connectivity index (χ4v) is 1.05. The molecule has 0 radical (unpaired) electrons. The summed E-state index contributed by atoms with van der Waals surface area (Å²) in [7, 11) is 0. The molecule has 0 aromatic heterocycles. The van der Waals surface area contributed by atoms with Crippen LogP contribution in [0.3, 0.4) is 0 Å². The SMILES string of the molecule is C/C=C/C1(C)OCCCO1. The molecule has 2 heteroatoms. The van der Waals surface area contributed by atoms with Gasteiger partial charge in [0.25, 0.3) is 0 Å². The van der Waals surface area contributed by atoms with Gasteiger partial charge in [-0.25, -0.2) is 0 Å². The zero-order valence-electron chi connectivity index (χ0n) is 6.59. The number of rotatable bonds is 1. The van der Waals surface area contributed by atoms with Gasteiger partial charge in [0.15, 0.2) is 5.79 Å². The van der Waals surface area contributed by atoms with E-state index >= 15 is 0 Å². The minimum atomic E-state index is -0.451. The molecule has 0 N–H and O–H groups in total. The van der Waals surface area contributed by atoms with Gasteiger partial charge in [-0.3, -0.25) is 0 Å². The highest BCUT2D eigenvalue weighted by atomic mass is 16.7. The Hall–Kier alpha value is -0.340. The molecule has 0 aromatic rings. The molecular formula is C8H14O2. The third-order valence-electron chi connectivity index (χ3n) is 1.54. The van der Waals surface area contributed by atoms with Gasteiger partial charge in [-0.15, -0.1) is 0 Å². The lowest BCUT2D eigenvalue weighted by Gasteiger charge is -2.30. The van der Waals surface area contributed by atoms with Crippen LogP contribution in [0.2, 0.25) is 0 Å². The number of hydrogen-bond donors (Lipinski definition) is 0. The van der Waals surface area contributed by atoms with Crippen molar-refractivity contribution in [3.05, 3.63) is 12.2 Å². The van der Waals surface area contributed by atoms with Crippen LogP contribution < -0.4 is 0 Å². The monoisotopic (exact) mass is 142 g/mol. The molecule has 58 valence electrons. The topological polar surface area (TPSA) is 18.5 Å². The van der Waals surface area contributed by atoms with Gasteiger partial charge >= 0.3 is 0 Å². The fraction of sp³-hybridized carbons (Fsp3) is 0.750. The summed E-state index contributed by atoms with van der Waals surface area (Å²) in [5.74, 6) is -0.451. The average Bonchev–Trinajstić information content (AvgIpc) is 1.89. The quantitative estimate of drug-likeness (QED) is 0.519. The Morgan fingerprint density at radius 3 is 2.40 bits per heavy atom. The van der Waals surface area contributed by atoms with Crippen molar-refractivity contribution < 1.29 is 9.47 Å². The standard InChI is InChI=1S/C8H14O2/c1-3-5-8(2)9-6-4-7-10-8/h3,5H,4,6-7H2,1-2H3/b5-3+. The molecule has 0 unspecified atom stereocenters. The molecule has 1 heterocycles. The normalized spacial score (nSPS) is 25.4. The summed E-state index contributed by atoms with van der Waals surface area (Å²) in [6, 6.07) is 0. The van der Waals surface area contributed by atoms with Gasteiger partial charge in [-0.05, 0) is 26.3 Å². The fourth-order valence-electron chi connectivity index (χ4n) is 1.05. The second kappa shape index (κ2) is 3.17. The molecule has 0 spiro atoms. The van der Waals surface area contributed by atoms with E-state index in [1.807, 2.05) is 26.0 Å². The summed E-state index contributed by atoms with van der Waals surface area (Å²) in [6.45, 7) is 5.51. The lowest BCUT2D eigenvalue weighted by molar-refractivity contribution is -0.224. The Balaban J connectivity index is 2.48. The minimum absolute atomic E-state index is 0.451. The molecule has 0 aromatic carbocycles. The summed E-state index contributed by atoms with van der Waals surface area (Å²) < 4.78 is 10.8. The molecule has 1 aliphatic heterocycles. The molecule has 1 rings (SSSR count). The predicted octanol–water partition coefficient (Wildman–Crippen LogP) is 1.72. The van der Waals surface area contributed by atoms with Crippen LogP contribution in [0.5, 0.6) is 0 Å². The van der Waals surface area contributed by atoms with Crippen LogP contribution in [0.15, 0.2) is 12.2 Å². The highest BCUT2D eigenvalue weighted by Gasteiger charge is 2.24. The molecule has 1 saturated heterocycles. The Kier molecular flexibility index (Phi) is 2.46. The van der Waals surface area contributed by atoms with E-state index in [9.17, 15) is 0 Å². The minimum Gasteiger partial charge on any atom is -0.347 e. The smallest absolute Gasteiger partial charge is 0.184 e. The third-order valence-corrected chi connectivity index (χ3v) is 1.54. The first kappa shape index (κ1) is 7.76. The molecule has 0 aliphatic carbocycles. The second-order valence-corrected chi connectivity index (χ2v) is 2.57. The summed E-state index contributed by atoms with van der Waals surface area (Å²) in [5, 5.41) is 0. The second-order valence-electron chi connectivity index (χ2n) is 2.57. The lowest BCUT2D eigenvalue weighted by atomic mass is 10.2. The van der Waals surface area contributed by atoms with E-state index in [1.54, 1.807) is 0 Å². The highest BCUT2D eigenvalue weighted by Crippen LogP contribution is 2.18. The van der Waals surface area contributed by atoms with Crippen molar-refractivity contribution >= 4 is 0 Å². The predicted molar refractivity (Wildman–Crippen MR) is 39.7 cm³/mol. The Bertz CT molecular complexity index is 123. The maximum Gasteiger partial charge on any atom is 0.184 e. The van der Waals surface area contributed by atoms with Crippen LogP contribution in [0.25, 0.3) is 0 Å². The molecular weight excluding hydrogens is 128 g/mol. The van der Waals surface area contributed by atoms with Crippen molar-refractivity contribution in [2.75, 3.05) is 13.2 Å². The van der Waals surface area contributed by atoms with Crippen LogP contribution in [0.4, 0.5) is 0 Å². The third kappa shape index (κ3) is 1.82. The summed E-state index contributed by atoms with van der Waals surface area (Å²) >= 11 is 0. The van der Waals surface area contributed by atoms with Crippen molar-refractivity contribution in [3.63, 3.8) is 0 Å². The summed E-state index contributed by atoms with van der Waals surface area (Å²) in [6.07, 6.45) is 4.89. The van der Waals surface area contributed by atoms with E-state index in [0.717, 1.165) is 19.6 Å². The van der Waals surface area contributed by atoms with Crippen LogP contribution in [0.1, 0.15) is 20.3 Å². The van der Waals surface area contributed by atoms with Gasteiger partial charge in [-0.1, -0.05) is 6.08 Å². The summed E-state index contributed by atoms with van der Waals surface area (Å²) in [5.41, 5.74) is 0. The number of hydrogen-bond acceptors (Lipinski definition) is 2. The van der Waals surface area contributed by atoms with Crippen LogP contribution in [-0.4, -0.2) is 19.0 Å². The molecule has 0 saturated carbocycles. The van der Waals surface area contributed by atoms with Crippen LogP contribution >= 0.6 is 0 Å². The highest BCUT2D eigenvalue weighted by molar-refractivity contribution is 4.92. The van der Waals surface area contributed by atoms with Gasteiger partial charge in [0.05, 0.1) is 13.2 Å². The Labute approximate surface area is 61.8 Å². The van der Waals surface area contributed by atoms with Gasteiger partial charge in [0, 0.05) is 0 Å². The lowest BCUT2D eigenvalue weighted by Crippen LogP contribution is -2.35. The molecule has 1 fully saturated rings. The first-order valence-electron chi connectivity index (χ1n) is 3.68. The van der Waals surface area contributed by atoms with Gasteiger partial charge in [0.1, 0.15) is 0 Å². The number of allylic oxidation sites excluding steroid dienone is 1. The Morgan fingerprint density at radius 2 is 1.90 bits per heavy atom. The Morgan fingerprint density at radius 1 is 1.30 bits per heavy atom. The van der Waals surface area contributed by atoms with Crippen molar-refractivity contribution in [1.29, 1.82) is 0 Å². The zero-order chi connectivity index (χ0) is 7.45. The average molecular weight is 142 g/mol. The van der Waals surface area contributed by atoms with E-state index in [-0.39, 0.29) is 0 Å². The molecule has 0 bridgehead atoms. The van der Waals surface area contributed by atoms with E-state index in [1.165, 1.54) is 0 Å². The molecule has 2 nitrogen and oxygen atoms in total. The van der Waals surface area contributed by atoms with Crippen molar-refractivity contribution in [1.82, 2.24) is 0 Å². The number of ether oxygens (including phenoxy) is 2. The van der Waals surface area contributed by atoms with Crippen molar-refractivity contribution in [2.45, 2.75) is 26.1 Å². The van der Waals surface area contributed by atoms with Gasteiger partial charge in [0.2, 0.25) is 0 Å².